The monoisotopic (exact) mass is 614 g/mol. The summed E-state index contributed by atoms with van der Waals surface area (Å²) in [6, 6.07) is 9.03. The molecule has 0 radical (unpaired) electrons. The quantitative estimate of drug-likeness (QED) is 0.0742. The smallest absolute Gasteiger partial charge is 0.435 e. The molecule has 0 saturated carbocycles. The third-order valence-electron chi connectivity index (χ3n) is 7.32. The van der Waals surface area contributed by atoms with Crippen molar-refractivity contribution in [2.24, 2.45) is 0 Å². The van der Waals surface area contributed by atoms with E-state index in [-0.39, 0.29) is 19.3 Å². The number of benzene rings is 1. The van der Waals surface area contributed by atoms with Crippen LogP contribution in [0.3, 0.4) is 0 Å². The molecule has 8 heteroatoms. The summed E-state index contributed by atoms with van der Waals surface area (Å²) in [6.07, 6.45) is 21.6. The standard InChI is InChI=1S/C33H59O6PS/c1-4-6-8-10-11-12-13-14-16-21-28-41-32(25-20-15-9-7-5-2)30(3)37-26-22-27-39-40(35,36)33(34)38-29-31-23-18-17-19-24-31/h17-19,23-24,30,32H,4-16,20-22,25-29H2,1-3H3,(H,35,36). The summed E-state index contributed by atoms with van der Waals surface area (Å²) >= 11 is 2.04. The van der Waals surface area contributed by atoms with Gasteiger partial charge in [-0.15, -0.1) is 0 Å². The van der Waals surface area contributed by atoms with Crippen molar-refractivity contribution in [1.82, 2.24) is 0 Å². The Morgan fingerprint density at radius 3 is 1.98 bits per heavy atom. The van der Waals surface area contributed by atoms with Crippen LogP contribution in [0.15, 0.2) is 30.3 Å². The van der Waals surface area contributed by atoms with Crippen molar-refractivity contribution in [3.05, 3.63) is 35.9 Å². The fraction of sp³-hybridized carbons (Fsp3) is 0.788. The van der Waals surface area contributed by atoms with Gasteiger partial charge in [0.1, 0.15) is 6.61 Å². The van der Waals surface area contributed by atoms with Crippen molar-refractivity contribution in [3.63, 3.8) is 0 Å². The van der Waals surface area contributed by atoms with Crippen LogP contribution in [0.2, 0.25) is 0 Å². The SMILES string of the molecule is CCCCCCCCCCCCSC(CCCCCCC)C(C)OCCCOP(=O)(O)C(=O)OCc1ccccc1. The molecule has 1 aromatic rings. The lowest BCUT2D eigenvalue weighted by Gasteiger charge is -2.24. The van der Waals surface area contributed by atoms with Crippen molar-refractivity contribution in [2.45, 2.75) is 148 Å². The van der Waals surface area contributed by atoms with E-state index in [2.05, 4.69) is 20.8 Å². The summed E-state index contributed by atoms with van der Waals surface area (Å²) in [5, 5.41) is 0.452. The van der Waals surface area contributed by atoms with Gasteiger partial charge in [0.2, 0.25) is 0 Å². The fourth-order valence-corrected chi connectivity index (χ4v) is 6.77. The molecular weight excluding hydrogens is 555 g/mol. The number of thioether (sulfide) groups is 1. The maximum absolute atomic E-state index is 12.2. The number of hydrogen-bond donors (Lipinski definition) is 1. The molecule has 238 valence electrons. The van der Waals surface area contributed by atoms with Crippen LogP contribution in [0.5, 0.6) is 0 Å². The minimum Gasteiger partial charge on any atom is -0.452 e. The Morgan fingerprint density at radius 1 is 0.805 bits per heavy atom. The van der Waals surface area contributed by atoms with E-state index < -0.39 is 13.3 Å². The number of ether oxygens (including phenoxy) is 2. The molecule has 3 unspecified atom stereocenters. The molecule has 1 N–H and O–H groups in total. The largest absolute Gasteiger partial charge is 0.452 e. The average Bonchev–Trinajstić information content (AvgIpc) is 2.97. The molecule has 0 heterocycles. The summed E-state index contributed by atoms with van der Waals surface area (Å²) in [5.41, 5.74) is -0.476. The number of carbonyl (C=O) groups is 1. The highest BCUT2D eigenvalue weighted by Gasteiger charge is 2.32. The summed E-state index contributed by atoms with van der Waals surface area (Å²) in [6.45, 7) is 6.98. The van der Waals surface area contributed by atoms with Crippen molar-refractivity contribution >= 4 is 25.1 Å². The van der Waals surface area contributed by atoms with E-state index in [1.807, 2.05) is 30.0 Å². The highest BCUT2D eigenvalue weighted by molar-refractivity contribution is 7.99. The first-order chi connectivity index (χ1) is 19.9. The van der Waals surface area contributed by atoms with Crippen LogP contribution < -0.4 is 0 Å². The molecule has 41 heavy (non-hydrogen) atoms. The number of carbonyl (C=O) groups excluding carboxylic acids is 1. The van der Waals surface area contributed by atoms with Gasteiger partial charge in [-0.1, -0.05) is 134 Å². The Balaban J connectivity index is 2.28. The second kappa shape index (κ2) is 25.6. The first-order valence-corrected chi connectivity index (χ1v) is 18.9. The zero-order chi connectivity index (χ0) is 30.0. The summed E-state index contributed by atoms with van der Waals surface area (Å²) in [5.74, 6) is 1.17. The van der Waals surface area contributed by atoms with Crippen LogP contribution in [0.1, 0.15) is 135 Å². The van der Waals surface area contributed by atoms with Crippen LogP contribution in [0, 0.1) is 0 Å². The number of unbranched alkanes of at least 4 members (excludes halogenated alkanes) is 13. The molecule has 0 aliphatic rings. The summed E-state index contributed by atoms with van der Waals surface area (Å²) < 4.78 is 28.3. The van der Waals surface area contributed by atoms with Crippen molar-refractivity contribution in [3.8, 4) is 0 Å². The van der Waals surface area contributed by atoms with Gasteiger partial charge in [0.05, 0.1) is 12.7 Å². The van der Waals surface area contributed by atoms with E-state index in [4.69, 9.17) is 14.0 Å². The third-order valence-corrected chi connectivity index (χ3v) is 10.0. The van der Waals surface area contributed by atoms with Gasteiger partial charge in [-0.2, -0.15) is 11.8 Å². The van der Waals surface area contributed by atoms with Crippen LogP contribution in [-0.4, -0.2) is 40.9 Å². The van der Waals surface area contributed by atoms with Gasteiger partial charge in [-0.25, -0.2) is 9.36 Å². The topological polar surface area (TPSA) is 82.1 Å². The van der Waals surface area contributed by atoms with E-state index in [9.17, 15) is 14.3 Å². The maximum Gasteiger partial charge on any atom is 0.435 e. The predicted molar refractivity (Wildman–Crippen MR) is 174 cm³/mol. The normalized spacial score (nSPS) is 14.4. The Bertz CT molecular complexity index is 793. The lowest BCUT2D eigenvalue weighted by Crippen LogP contribution is -2.25. The lowest BCUT2D eigenvalue weighted by atomic mass is 10.1. The number of hydrogen-bond acceptors (Lipinski definition) is 6. The van der Waals surface area contributed by atoms with Crippen LogP contribution >= 0.6 is 19.4 Å². The van der Waals surface area contributed by atoms with E-state index in [0.29, 0.717) is 18.3 Å². The first kappa shape index (κ1) is 38.2. The molecule has 0 saturated heterocycles. The van der Waals surface area contributed by atoms with Crippen molar-refractivity contribution < 1.29 is 28.3 Å². The minimum atomic E-state index is -4.48. The molecule has 6 nitrogen and oxygen atoms in total. The van der Waals surface area contributed by atoms with Crippen LogP contribution in [-0.2, 0) is 25.2 Å². The average molecular weight is 615 g/mol. The summed E-state index contributed by atoms with van der Waals surface area (Å²) in [7, 11) is -4.48. The molecule has 1 aromatic carbocycles. The Kier molecular flexibility index (Phi) is 23.9. The predicted octanol–water partition coefficient (Wildman–Crippen LogP) is 10.7. The molecule has 3 atom stereocenters. The second-order valence-electron chi connectivity index (χ2n) is 11.1. The Labute approximate surface area is 255 Å². The van der Waals surface area contributed by atoms with E-state index in [1.165, 1.54) is 102 Å². The zero-order valence-electron chi connectivity index (χ0n) is 26.2. The highest BCUT2D eigenvalue weighted by atomic mass is 32.2. The van der Waals surface area contributed by atoms with E-state index >= 15 is 0 Å². The van der Waals surface area contributed by atoms with Crippen molar-refractivity contribution in [2.75, 3.05) is 19.0 Å². The number of rotatable bonds is 28. The van der Waals surface area contributed by atoms with Crippen LogP contribution in [0.25, 0.3) is 0 Å². The molecule has 0 fully saturated rings. The van der Waals surface area contributed by atoms with E-state index in [1.54, 1.807) is 12.1 Å². The molecule has 1 rings (SSSR count). The molecule has 0 spiro atoms. The van der Waals surface area contributed by atoms with Gasteiger partial charge in [0, 0.05) is 11.9 Å². The maximum atomic E-state index is 12.2. The van der Waals surface area contributed by atoms with E-state index in [0.717, 1.165) is 12.0 Å². The van der Waals surface area contributed by atoms with Gasteiger partial charge < -0.3 is 18.9 Å². The van der Waals surface area contributed by atoms with Gasteiger partial charge >= 0.3 is 13.3 Å². The molecule has 0 amide bonds. The second-order valence-corrected chi connectivity index (χ2v) is 14.1. The first-order valence-electron chi connectivity index (χ1n) is 16.3. The van der Waals surface area contributed by atoms with Gasteiger partial charge in [0.15, 0.2) is 0 Å². The zero-order valence-corrected chi connectivity index (χ0v) is 27.9. The summed E-state index contributed by atoms with van der Waals surface area (Å²) in [4.78, 5) is 22.0. The minimum absolute atomic E-state index is 0.0334. The molecule has 0 aromatic heterocycles. The Hall–Kier alpha value is -0.850. The van der Waals surface area contributed by atoms with Gasteiger partial charge in [-0.05, 0) is 37.5 Å². The molecule has 0 aliphatic carbocycles. The molecular formula is C33H59O6PS. The highest BCUT2D eigenvalue weighted by Crippen LogP contribution is 2.44. The van der Waals surface area contributed by atoms with Crippen LogP contribution in [0.4, 0.5) is 4.79 Å². The Morgan fingerprint density at radius 2 is 1.37 bits per heavy atom. The van der Waals surface area contributed by atoms with Gasteiger partial charge in [0.25, 0.3) is 0 Å². The lowest BCUT2D eigenvalue weighted by molar-refractivity contribution is 0.0535. The van der Waals surface area contributed by atoms with Crippen molar-refractivity contribution in [1.29, 1.82) is 0 Å². The molecule has 0 aliphatic heterocycles. The molecule has 0 bridgehead atoms. The third kappa shape index (κ3) is 20.7. The van der Waals surface area contributed by atoms with Gasteiger partial charge in [-0.3, -0.25) is 0 Å². The fourth-order valence-electron chi connectivity index (χ4n) is 4.70.